The van der Waals surface area contributed by atoms with E-state index in [0.29, 0.717) is 18.9 Å². The maximum absolute atomic E-state index is 13.8. The number of hydrogen-bond acceptors (Lipinski definition) is 6. The van der Waals surface area contributed by atoms with Gasteiger partial charge in [0.1, 0.15) is 18.1 Å². The van der Waals surface area contributed by atoms with Gasteiger partial charge in [-0.2, -0.15) is 5.10 Å². The Morgan fingerprint density at radius 2 is 1.83 bits per heavy atom. The topological polar surface area (TPSA) is 79.7 Å². The number of nitrogens with zero attached hydrogens (tertiary/aromatic N) is 4. The number of carbonyl (C=O) groups is 2. The molecule has 1 aromatic heterocycles. The Morgan fingerprint density at radius 3 is 2.51 bits per heavy atom. The standard InChI is InChI=1S/C32H35N5O3S/c1-22-9-8-12-24(19-22)31-29-30(23-10-6-5-7-11-23)34-37(25-13-15-26(40-4)16-14-25)32(29)36(28(39)21-41-31)20-27(38)33-17-18-35(2)3/h5-16,19,31H,17-18,20-21H2,1-4H3,(H,33,38). The summed E-state index contributed by atoms with van der Waals surface area (Å²) in [4.78, 5) is 30.6. The van der Waals surface area contributed by atoms with E-state index in [1.807, 2.05) is 79.7 Å². The molecule has 0 aliphatic carbocycles. The van der Waals surface area contributed by atoms with Crippen LogP contribution in [0.2, 0.25) is 0 Å². The summed E-state index contributed by atoms with van der Waals surface area (Å²) in [6.07, 6.45) is 0. The monoisotopic (exact) mass is 569 g/mol. The molecule has 0 radical (unpaired) electrons. The number of rotatable bonds is 9. The van der Waals surface area contributed by atoms with Crippen molar-refractivity contribution in [1.82, 2.24) is 20.0 Å². The van der Waals surface area contributed by atoms with Gasteiger partial charge in [-0.05, 0) is 50.8 Å². The first-order valence-corrected chi connectivity index (χ1v) is 14.6. The second kappa shape index (κ2) is 12.6. The Hall–Kier alpha value is -4.08. The molecule has 1 N–H and O–H groups in total. The van der Waals surface area contributed by atoms with Gasteiger partial charge in [-0.15, -0.1) is 11.8 Å². The molecule has 2 amide bonds. The van der Waals surface area contributed by atoms with Gasteiger partial charge in [0, 0.05) is 24.2 Å². The Morgan fingerprint density at radius 1 is 1.07 bits per heavy atom. The Bertz CT molecular complexity index is 1520. The highest BCUT2D eigenvalue weighted by atomic mass is 32.2. The minimum atomic E-state index is -0.214. The zero-order chi connectivity index (χ0) is 28.9. The molecule has 0 bridgehead atoms. The first kappa shape index (κ1) is 28.4. The van der Waals surface area contributed by atoms with E-state index in [9.17, 15) is 9.59 Å². The lowest BCUT2D eigenvalue weighted by Gasteiger charge is -2.23. The quantitative estimate of drug-likeness (QED) is 0.315. The molecule has 8 nitrogen and oxygen atoms in total. The van der Waals surface area contributed by atoms with Crippen molar-refractivity contribution in [3.05, 3.63) is 95.6 Å². The largest absolute Gasteiger partial charge is 0.497 e. The first-order chi connectivity index (χ1) is 19.9. The third-order valence-corrected chi connectivity index (χ3v) is 8.24. The average molecular weight is 570 g/mol. The molecule has 9 heteroatoms. The van der Waals surface area contributed by atoms with Crippen LogP contribution in [0.5, 0.6) is 5.75 Å². The van der Waals surface area contributed by atoms with Gasteiger partial charge in [-0.3, -0.25) is 14.5 Å². The summed E-state index contributed by atoms with van der Waals surface area (Å²) >= 11 is 1.57. The molecular weight excluding hydrogens is 534 g/mol. The molecule has 2 heterocycles. The zero-order valence-electron chi connectivity index (χ0n) is 23.8. The van der Waals surface area contributed by atoms with E-state index in [0.717, 1.165) is 39.4 Å². The van der Waals surface area contributed by atoms with Crippen LogP contribution in [0, 0.1) is 6.92 Å². The molecule has 0 saturated carbocycles. The summed E-state index contributed by atoms with van der Waals surface area (Å²) in [5.74, 6) is 1.21. The molecule has 3 aromatic carbocycles. The number of benzene rings is 3. The van der Waals surface area contributed by atoms with Crippen molar-refractivity contribution < 1.29 is 14.3 Å². The molecule has 1 unspecified atom stereocenters. The number of ether oxygens (including phenoxy) is 1. The van der Waals surface area contributed by atoms with Crippen molar-refractivity contribution in [3.8, 4) is 22.7 Å². The van der Waals surface area contributed by atoms with E-state index in [-0.39, 0.29) is 29.4 Å². The summed E-state index contributed by atoms with van der Waals surface area (Å²) < 4.78 is 7.19. The lowest BCUT2D eigenvalue weighted by atomic mass is 9.98. The van der Waals surface area contributed by atoms with Crippen LogP contribution in [-0.2, 0) is 9.59 Å². The van der Waals surface area contributed by atoms with Crippen LogP contribution < -0.4 is 15.0 Å². The molecule has 212 valence electrons. The van der Waals surface area contributed by atoms with Crippen molar-refractivity contribution >= 4 is 29.4 Å². The zero-order valence-corrected chi connectivity index (χ0v) is 24.6. The fourth-order valence-electron chi connectivity index (χ4n) is 4.95. The second-order valence-electron chi connectivity index (χ2n) is 10.3. The van der Waals surface area contributed by atoms with Gasteiger partial charge in [0.05, 0.1) is 29.5 Å². The number of thioether (sulfide) groups is 1. The summed E-state index contributed by atoms with van der Waals surface area (Å²) in [5, 5.41) is 7.94. The molecular formula is C32H35N5O3S. The van der Waals surface area contributed by atoms with Crippen LogP contribution in [0.3, 0.4) is 0 Å². The minimum absolute atomic E-state index is 0.101. The second-order valence-corrected chi connectivity index (χ2v) is 11.4. The molecule has 0 spiro atoms. The van der Waals surface area contributed by atoms with Crippen molar-refractivity contribution in [1.29, 1.82) is 0 Å². The molecule has 1 aliphatic heterocycles. The van der Waals surface area contributed by atoms with Gasteiger partial charge in [0.15, 0.2) is 0 Å². The predicted octanol–water partition coefficient (Wildman–Crippen LogP) is 4.70. The maximum atomic E-state index is 13.8. The number of likely N-dealkylation sites (N-methyl/N-ethyl adjacent to an activating group) is 1. The van der Waals surface area contributed by atoms with Crippen LogP contribution in [0.4, 0.5) is 5.82 Å². The van der Waals surface area contributed by atoms with Crippen LogP contribution in [-0.4, -0.2) is 73.1 Å². The summed E-state index contributed by atoms with van der Waals surface area (Å²) in [5.41, 5.74) is 5.63. The maximum Gasteiger partial charge on any atom is 0.240 e. The van der Waals surface area contributed by atoms with E-state index < -0.39 is 0 Å². The van der Waals surface area contributed by atoms with E-state index in [2.05, 4.69) is 30.4 Å². The van der Waals surface area contributed by atoms with Gasteiger partial charge in [-0.25, -0.2) is 4.68 Å². The van der Waals surface area contributed by atoms with Crippen LogP contribution in [0.15, 0.2) is 78.9 Å². The van der Waals surface area contributed by atoms with E-state index in [1.54, 1.807) is 28.5 Å². The van der Waals surface area contributed by atoms with Gasteiger partial charge in [0.2, 0.25) is 11.8 Å². The van der Waals surface area contributed by atoms with Crippen LogP contribution >= 0.6 is 11.8 Å². The number of methoxy groups -OCH3 is 1. The first-order valence-electron chi connectivity index (χ1n) is 13.6. The van der Waals surface area contributed by atoms with E-state index in [4.69, 9.17) is 9.84 Å². The number of carbonyl (C=O) groups excluding carboxylic acids is 2. The Kier molecular flexibility index (Phi) is 8.75. The van der Waals surface area contributed by atoms with E-state index in [1.165, 1.54) is 0 Å². The smallest absolute Gasteiger partial charge is 0.240 e. The highest BCUT2D eigenvalue weighted by Crippen LogP contribution is 2.48. The number of aryl methyl sites for hydroxylation is 1. The Labute approximate surface area is 245 Å². The lowest BCUT2D eigenvalue weighted by molar-refractivity contribution is -0.122. The lowest BCUT2D eigenvalue weighted by Crippen LogP contribution is -2.43. The third kappa shape index (κ3) is 6.31. The van der Waals surface area contributed by atoms with Crippen molar-refractivity contribution in [2.45, 2.75) is 12.2 Å². The number of nitrogens with one attached hydrogen (secondary N) is 1. The fourth-order valence-corrected chi connectivity index (χ4v) is 6.13. The Balaban J connectivity index is 1.72. The van der Waals surface area contributed by atoms with Crippen molar-refractivity contribution in [3.63, 3.8) is 0 Å². The molecule has 4 aromatic rings. The number of hydrogen-bond donors (Lipinski definition) is 1. The van der Waals surface area contributed by atoms with Crippen LogP contribution in [0.1, 0.15) is 21.9 Å². The fraction of sp³-hybridized carbons (Fsp3) is 0.281. The van der Waals surface area contributed by atoms with Gasteiger partial charge >= 0.3 is 0 Å². The molecule has 1 atom stereocenters. The third-order valence-electron chi connectivity index (χ3n) is 6.98. The summed E-state index contributed by atoms with van der Waals surface area (Å²) in [7, 11) is 5.54. The normalized spacial score (nSPS) is 15.0. The summed E-state index contributed by atoms with van der Waals surface area (Å²) in [6, 6.07) is 26.0. The van der Waals surface area contributed by atoms with Crippen molar-refractivity contribution in [2.24, 2.45) is 0 Å². The number of amides is 2. The molecule has 0 saturated heterocycles. The number of fused-ring (bicyclic) bond motifs is 1. The molecule has 5 rings (SSSR count). The van der Waals surface area contributed by atoms with Gasteiger partial charge < -0.3 is 15.0 Å². The molecule has 41 heavy (non-hydrogen) atoms. The van der Waals surface area contributed by atoms with E-state index >= 15 is 0 Å². The predicted molar refractivity (Wildman–Crippen MR) is 165 cm³/mol. The minimum Gasteiger partial charge on any atom is -0.497 e. The summed E-state index contributed by atoms with van der Waals surface area (Å²) in [6.45, 7) is 3.17. The number of anilines is 1. The van der Waals surface area contributed by atoms with Crippen molar-refractivity contribution in [2.75, 3.05) is 51.5 Å². The SMILES string of the molecule is COc1ccc(-n2nc(-c3ccccc3)c3c2N(CC(=O)NCCN(C)C)C(=O)CSC3c2cccc(C)c2)cc1. The van der Waals surface area contributed by atoms with Gasteiger partial charge in [0.25, 0.3) is 0 Å². The van der Waals surface area contributed by atoms with Gasteiger partial charge in [-0.1, -0.05) is 60.2 Å². The average Bonchev–Trinajstić information content (AvgIpc) is 3.30. The number of aromatic nitrogens is 2. The molecule has 1 aliphatic rings. The van der Waals surface area contributed by atoms with Crippen LogP contribution in [0.25, 0.3) is 16.9 Å². The highest BCUT2D eigenvalue weighted by molar-refractivity contribution is 8.00. The molecule has 0 fully saturated rings. The highest BCUT2D eigenvalue weighted by Gasteiger charge is 2.37.